The molecule has 0 aliphatic heterocycles. The van der Waals surface area contributed by atoms with Gasteiger partial charge in [-0.25, -0.2) is 0 Å². The van der Waals surface area contributed by atoms with Crippen LogP contribution in [0.3, 0.4) is 0 Å². The van der Waals surface area contributed by atoms with Gasteiger partial charge in [0.15, 0.2) is 0 Å². The lowest BCUT2D eigenvalue weighted by Gasteiger charge is -2.31. The summed E-state index contributed by atoms with van der Waals surface area (Å²) in [6.07, 6.45) is 16.0. The van der Waals surface area contributed by atoms with Gasteiger partial charge < -0.3 is 10.4 Å². The molecule has 0 radical (unpaired) electrons. The highest BCUT2D eigenvalue weighted by atomic mass is 16.3. The van der Waals surface area contributed by atoms with Crippen LogP contribution in [0.2, 0.25) is 0 Å². The Bertz CT molecular complexity index is 532. The monoisotopic (exact) mass is 265 g/mol. The van der Waals surface area contributed by atoms with Gasteiger partial charge in [-0.3, -0.25) is 0 Å². The number of aliphatic hydroxyl groups is 1. The number of allylic oxidation sites excluding steroid dienone is 4. The summed E-state index contributed by atoms with van der Waals surface area (Å²) in [6.45, 7) is 0. The number of benzene rings is 1. The molecule has 0 saturated heterocycles. The molecule has 2 N–H and O–H groups in total. The number of hydrogen-bond acceptors (Lipinski definition) is 2. The second-order valence-electron chi connectivity index (χ2n) is 5.22. The second kappa shape index (κ2) is 5.93. The van der Waals surface area contributed by atoms with E-state index in [1.165, 1.54) is 0 Å². The molecule has 0 heterocycles. The highest BCUT2D eigenvalue weighted by molar-refractivity contribution is 5.45. The molecule has 0 spiro atoms. The molecule has 0 bridgehead atoms. The number of rotatable bonds is 5. The van der Waals surface area contributed by atoms with Crippen LogP contribution in [-0.2, 0) is 0 Å². The van der Waals surface area contributed by atoms with Crippen molar-refractivity contribution < 1.29 is 5.11 Å². The summed E-state index contributed by atoms with van der Waals surface area (Å²) in [6, 6.07) is 10.0. The molecule has 1 aromatic rings. The third-order valence-corrected chi connectivity index (χ3v) is 3.84. The van der Waals surface area contributed by atoms with Crippen molar-refractivity contribution >= 4 is 5.69 Å². The van der Waals surface area contributed by atoms with Crippen LogP contribution in [0.25, 0.3) is 0 Å². The first-order valence-electron chi connectivity index (χ1n) is 7.04. The van der Waals surface area contributed by atoms with Crippen molar-refractivity contribution in [3.63, 3.8) is 0 Å². The summed E-state index contributed by atoms with van der Waals surface area (Å²) in [7, 11) is 0. The van der Waals surface area contributed by atoms with Crippen LogP contribution in [0.4, 0.5) is 5.69 Å². The third-order valence-electron chi connectivity index (χ3n) is 3.84. The summed E-state index contributed by atoms with van der Waals surface area (Å²) in [5.41, 5.74) is 1.04. The van der Waals surface area contributed by atoms with Crippen molar-refractivity contribution in [1.29, 1.82) is 0 Å². The molecule has 2 heteroatoms. The van der Waals surface area contributed by atoms with E-state index >= 15 is 0 Å². The minimum absolute atomic E-state index is 0.0372. The maximum Gasteiger partial charge on any atom is 0.0847 e. The molecule has 0 unspecified atom stereocenters. The van der Waals surface area contributed by atoms with E-state index in [1.54, 1.807) is 0 Å². The second-order valence-corrected chi connectivity index (χ2v) is 5.22. The molecule has 3 rings (SSSR count). The van der Waals surface area contributed by atoms with Gasteiger partial charge in [-0.15, -0.1) is 0 Å². The highest BCUT2D eigenvalue weighted by Crippen LogP contribution is 2.26. The lowest BCUT2D eigenvalue weighted by Crippen LogP contribution is -2.41. The molecule has 2 aliphatic carbocycles. The average molecular weight is 265 g/mol. The third kappa shape index (κ3) is 2.75. The predicted molar refractivity (Wildman–Crippen MR) is 83.4 cm³/mol. The minimum atomic E-state index is -0.456. The van der Waals surface area contributed by atoms with Gasteiger partial charge in [0.05, 0.1) is 12.1 Å². The van der Waals surface area contributed by atoms with Gasteiger partial charge in [0, 0.05) is 17.5 Å². The molecule has 2 atom stereocenters. The Labute approximate surface area is 119 Å². The van der Waals surface area contributed by atoms with E-state index in [-0.39, 0.29) is 17.9 Å². The molecule has 102 valence electrons. The number of aliphatic hydroxyl groups excluding tert-OH is 1. The van der Waals surface area contributed by atoms with E-state index in [0.29, 0.717) is 0 Å². The molecule has 1 aromatic carbocycles. The SMILES string of the molecule is O[C@@H](C1C=CC=C1)[C@H](Nc1ccccc1)C1C=CC=C1. The quantitative estimate of drug-likeness (QED) is 0.856. The smallest absolute Gasteiger partial charge is 0.0847 e. The Morgan fingerprint density at radius 2 is 1.35 bits per heavy atom. The Morgan fingerprint density at radius 3 is 1.95 bits per heavy atom. The van der Waals surface area contributed by atoms with Gasteiger partial charge in [0.1, 0.15) is 0 Å². The van der Waals surface area contributed by atoms with Crippen LogP contribution in [0, 0.1) is 11.8 Å². The zero-order valence-corrected chi connectivity index (χ0v) is 11.3. The largest absolute Gasteiger partial charge is 0.390 e. The summed E-state index contributed by atoms with van der Waals surface area (Å²) < 4.78 is 0. The summed E-state index contributed by atoms with van der Waals surface area (Å²) >= 11 is 0. The van der Waals surface area contributed by atoms with E-state index in [2.05, 4.69) is 17.5 Å². The first-order valence-corrected chi connectivity index (χ1v) is 7.04. The van der Waals surface area contributed by atoms with Crippen molar-refractivity contribution in [2.45, 2.75) is 12.1 Å². The molecule has 2 aliphatic rings. The summed E-state index contributed by atoms with van der Waals surface area (Å²) in [5, 5.41) is 14.2. The van der Waals surface area contributed by atoms with E-state index in [0.717, 1.165) is 5.69 Å². The first kappa shape index (κ1) is 12.9. The van der Waals surface area contributed by atoms with Gasteiger partial charge in [-0.1, -0.05) is 66.8 Å². The van der Waals surface area contributed by atoms with Crippen LogP contribution in [0.1, 0.15) is 0 Å². The number of anilines is 1. The van der Waals surface area contributed by atoms with Crippen LogP contribution >= 0.6 is 0 Å². The average Bonchev–Trinajstić information content (AvgIpc) is 3.18. The first-order chi connectivity index (χ1) is 9.84. The molecule has 0 saturated carbocycles. The molecular weight excluding hydrogens is 246 g/mol. The molecular formula is C18H19NO. The molecule has 0 aromatic heterocycles. The predicted octanol–water partition coefficient (Wildman–Crippen LogP) is 3.31. The maximum atomic E-state index is 10.7. The Morgan fingerprint density at radius 1 is 0.800 bits per heavy atom. The van der Waals surface area contributed by atoms with E-state index in [1.807, 2.05) is 66.8 Å². The summed E-state index contributed by atoms with van der Waals surface area (Å²) in [5.74, 6) is 0.297. The standard InChI is InChI=1S/C18H19NO/c20-18(15-10-6-7-11-15)17(14-8-4-5-9-14)19-16-12-2-1-3-13-16/h1-15,17-20H/t17-,18+/m1/s1. The van der Waals surface area contributed by atoms with Gasteiger partial charge in [0.25, 0.3) is 0 Å². The van der Waals surface area contributed by atoms with Crippen molar-refractivity contribution in [3.05, 3.63) is 78.9 Å². The van der Waals surface area contributed by atoms with Crippen LogP contribution in [-0.4, -0.2) is 17.3 Å². The van der Waals surface area contributed by atoms with Crippen molar-refractivity contribution in [3.8, 4) is 0 Å². The fourth-order valence-electron chi connectivity index (χ4n) is 2.74. The van der Waals surface area contributed by atoms with Crippen LogP contribution < -0.4 is 5.32 Å². The molecule has 20 heavy (non-hydrogen) atoms. The van der Waals surface area contributed by atoms with Crippen LogP contribution in [0.15, 0.2) is 78.9 Å². The van der Waals surface area contributed by atoms with Gasteiger partial charge in [-0.2, -0.15) is 0 Å². The molecule has 0 fully saturated rings. The normalized spacial score (nSPS) is 20.6. The topological polar surface area (TPSA) is 32.3 Å². The number of para-hydroxylation sites is 1. The maximum absolute atomic E-state index is 10.7. The minimum Gasteiger partial charge on any atom is -0.390 e. The number of hydrogen-bond donors (Lipinski definition) is 2. The zero-order chi connectivity index (χ0) is 13.8. The van der Waals surface area contributed by atoms with E-state index in [4.69, 9.17) is 0 Å². The van der Waals surface area contributed by atoms with Crippen LogP contribution in [0.5, 0.6) is 0 Å². The summed E-state index contributed by atoms with van der Waals surface area (Å²) in [4.78, 5) is 0. The fraction of sp³-hybridized carbons (Fsp3) is 0.222. The fourth-order valence-corrected chi connectivity index (χ4v) is 2.74. The van der Waals surface area contributed by atoms with E-state index in [9.17, 15) is 5.11 Å². The molecule has 0 amide bonds. The van der Waals surface area contributed by atoms with Gasteiger partial charge in [0.2, 0.25) is 0 Å². The lowest BCUT2D eigenvalue weighted by atomic mass is 9.88. The highest BCUT2D eigenvalue weighted by Gasteiger charge is 2.30. The van der Waals surface area contributed by atoms with Crippen molar-refractivity contribution in [2.24, 2.45) is 11.8 Å². The van der Waals surface area contributed by atoms with Gasteiger partial charge in [-0.05, 0) is 12.1 Å². The van der Waals surface area contributed by atoms with Crippen molar-refractivity contribution in [1.82, 2.24) is 0 Å². The Hall–Kier alpha value is -2.06. The van der Waals surface area contributed by atoms with Crippen molar-refractivity contribution in [2.75, 3.05) is 5.32 Å². The van der Waals surface area contributed by atoms with Gasteiger partial charge >= 0.3 is 0 Å². The Balaban J connectivity index is 1.80. The molecule has 2 nitrogen and oxygen atoms in total. The lowest BCUT2D eigenvalue weighted by molar-refractivity contribution is 0.119. The Kier molecular flexibility index (Phi) is 3.84. The van der Waals surface area contributed by atoms with E-state index < -0.39 is 6.10 Å². The zero-order valence-electron chi connectivity index (χ0n) is 11.3. The number of nitrogens with one attached hydrogen (secondary N) is 1.